The van der Waals surface area contributed by atoms with Gasteiger partial charge in [-0.3, -0.25) is 0 Å². The SMILES string of the molecule is CC1=CCCN(c2ccc(CO)cc2C(F)(F)F)C1. The zero-order valence-corrected chi connectivity index (χ0v) is 10.7. The number of anilines is 1. The van der Waals surface area contributed by atoms with Crippen molar-refractivity contribution in [2.75, 3.05) is 18.0 Å². The zero-order chi connectivity index (χ0) is 14.0. The third-order valence-electron chi connectivity index (χ3n) is 3.22. The average molecular weight is 271 g/mol. The first-order valence-electron chi connectivity index (χ1n) is 6.13. The first kappa shape index (κ1) is 13.9. The van der Waals surface area contributed by atoms with E-state index >= 15 is 0 Å². The molecule has 5 heteroatoms. The van der Waals surface area contributed by atoms with Crippen molar-refractivity contribution in [1.29, 1.82) is 0 Å². The number of halogens is 3. The number of nitrogens with zero attached hydrogens (tertiary/aromatic N) is 1. The summed E-state index contributed by atoms with van der Waals surface area (Å²) in [4.78, 5) is 1.74. The molecule has 1 aromatic carbocycles. The molecule has 0 amide bonds. The van der Waals surface area contributed by atoms with E-state index in [-0.39, 0.29) is 17.9 Å². The quantitative estimate of drug-likeness (QED) is 0.834. The minimum Gasteiger partial charge on any atom is -0.392 e. The highest BCUT2D eigenvalue weighted by molar-refractivity contribution is 5.57. The summed E-state index contributed by atoms with van der Waals surface area (Å²) < 4.78 is 39.3. The second kappa shape index (κ2) is 5.25. The van der Waals surface area contributed by atoms with Crippen molar-refractivity contribution >= 4 is 5.69 Å². The minimum atomic E-state index is -4.41. The molecule has 1 aliphatic rings. The minimum absolute atomic E-state index is 0.192. The molecule has 0 atom stereocenters. The van der Waals surface area contributed by atoms with Gasteiger partial charge in [-0.05, 0) is 31.0 Å². The van der Waals surface area contributed by atoms with Crippen LogP contribution in [0.25, 0.3) is 0 Å². The van der Waals surface area contributed by atoms with Gasteiger partial charge in [0.15, 0.2) is 0 Å². The maximum absolute atomic E-state index is 13.1. The van der Waals surface area contributed by atoms with Crippen LogP contribution in [-0.2, 0) is 12.8 Å². The van der Waals surface area contributed by atoms with Crippen molar-refractivity contribution in [3.63, 3.8) is 0 Å². The van der Waals surface area contributed by atoms with E-state index in [0.29, 0.717) is 13.1 Å². The molecule has 0 unspecified atom stereocenters. The molecule has 0 spiro atoms. The molecule has 0 aliphatic carbocycles. The van der Waals surface area contributed by atoms with Gasteiger partial charge in [-0.25, -0.2) is 0 Å². The van der Waals surface area contributed by atoms with Crippen molar-refractivity contribution in [2.45, 2.75) is 26.1 Å². The van der Waals surface area contributed by atoms with Crippen LogP contribution in [0.3, 0.4) is 0 Å². The van der Waals surface area contributed by atoms with Crippen LogP contribution in [0.15, 0.2) is 29.8 Å². The van der Waals surface area contributed by atoms with Gasteiger partial charge >= 0.3 is 6.18 Å². The number of alkyl halides is 3. The van der Waals surface area contributed by atoms with Gasteiger partial charge in [-0.2, -0.15) is 13.2 Å². The number of aliphatic hydroxyl groups is 1. The van der Waals surface area contributed by atoms with Gasteiger partial charge in [0.1, 0.15) is 0 Å². The molecule has 1 heterocycles. The van der Waals surface area contributed by atoms with Crippen LogP contribution in [0.1, 0.15) is 24.5 Å². The van der Waals surface area contributed by atoms with Crippen molar-refractivity contribution in [1.82, 2.24) is 0 Å². The summed E-state index contributed by atoms with van der Waals surface area (Å²) in [7, 11) is 0. The van der Waals surface area contributed by atoms with Gasteiger partial charge in [-0.1, -0.05) is 17.7 Å². The summed E-state index contributed by atoms with van der Waals surface area (Å²) in [6.45, 7) is 2.63. The van der Waals surface area contributed by atoms with Crippen LogP contribution in [-0.4, -0.2) is 18.2 Å². The number of benzene rings is 1. The average Bonchev–Trinajstić information content (AvgIpc) is 2.37. The molecular formula is C14H16F3NO. The highest BCUT2D eigenvalue weighted by Crippen LogP contribution is 2.38. The molecule has 2 nitrogen and oxygen atoms in total. The topological polar surface area (TPSA) is 23.5 Å². The monoisotopic (exact) mass is 271 g/mol. The lowest BCUT2D eigenvalue weighted by Crippen LogP contribution is -2.31. The van der Waals surface area contributed by atoms with E-state index in [0.717, 1.165) is 18.1 Å². The molecule has 0 fully saturated rings. The molecular weight excluding hydrogens is 255 g/mol. The van der Waals surface area contributed by atoms with Crippen molar-refractivity contribution in [2.24, 2.45) is 0 Å². The van der Waals surface area contributed by atoms with Crippen molar-refractivity contribution < 1.29 is 18.3 Å². The van der Waals surface area contributed by atoms with Crippen LogP contribution < -0.4 is 4.90 Å². The summed E-state index contributed by atoms with van der Waals surface area (Å²) in [5, 5.41) is 8.98. The van der Waals surface area contributed by atoms with Crippen molar-refractivity contribution in [3.8, 4) is 0 Å². The molecule has 19 heavy (non-hydrogen) atoms. The molecule has 1 N–H and O–H groups in total. The van der Waals surface area contributed by atoms with Crippen LogP contribution in [0.2, 0.25) is 0 Å². The Bertz CT molecular complexity index is 494. The Morgan fingerprint density at radius 2 is 2.05 bits per heavy atom. The van der Waals surface area contributed by atoms with Crippen LogP contribution in [0, 0.1) is 0 Å². The summed E-state index contributed by atoms with van der Waals surface area (Å²) in [6.07, 6.45) is -1.60. The van der Waals surface area contributed by atoms with Gasteiger partial charge in [0.05, 0.1) is 12.2 Å². The first-order chi connectivity index (χ1) is 8.91. The van der Waals surface area contributed by atoms with Crippen molar-refractivity contribution in [3.05, 3.63) is 41.0 Å². The number of hydrogen-bond donors (Lipinski definition) is 1. The summed E-state index contributed by atoms with van der Waals surface area (Å²) in [6, 6.07) is 4.02. The second-order valence-corrected chi connectivity index (χ2v) is 4.77. The van der Waals surface area contributed by atoms with E-state index < -0.39 is 11.7 Å². The highest BCUT2D eigenvalue weighted by atomic mass is 19.4. The molecule has 1 aliphatic heterocycles. The smallest absolute Gasteiger partial charge is 0.392 e. The normalized spacial score (nSPS) is 16.5. The Hall–Kier alpha value is -1.49. The lowest BCUT2D eigenvalue weighted by molar-refractivity contribution is -0.137. The Morgan fingerprint density at radius 1 is 1.32 bits per heavy atom. The maximum atomic E-state index is 13.1. The molecule has 0 radical (unpaired) electrons. The lowest BCUT2D eigenvalue weighted by Gasteiger charge is -2.30. The number of rotatable bonds is 2. The lowest BCUT2D eigenvalue weighted by atomic mass is 10.0. The highest BCUT2D eigenvalue weighted by Gasteiger charge is 2.35. The van der Waals surface area contributed by atoms with E-state index in [1.54, 1.807) is 4.90 Å². The molecule has 0 aromatic heterocycles. The van der Waals surface area contributed by atoms with E-state index in [1.165, 1.54) is 12.1 Å². The van der Waals surface area contributed by atoms with E-state index in [2.05, 4.69) is 0 Å². The molecule has 104 valence electrons. The fourth-order valence-electron chi connectivity index (χ4n) is 2.30. The van der Waals surface area contributed by atoms with E-state index in [9.17, 15) is 13.2 Å². The molecule has 0 bridgehead atoms. The van der Waals surface area contributed by atoms with Crippen LogP contribution >= 0.6 is 0 Å². The Morgan fingerprint density at radius 3 is 2.63 bits per heavy atom. The summed E-state index contributed by atoms with van der Waals surface area (Å²) in [5.74, 6) is 0. The van der Waals surface area contributed by atoms with Gasteiger partial charge < -0.3 is 10.0 Å². The Kier molecular flexibility index (Phi) is 3.85. The van der Waals surface area contributed by atoms with Crippen LogP contribution in [0.5, 0.6) is 0 Å². The third-order valence-corrected chi connectivity index (χ3v) is 3.22. The number of hydrogen-bond acceptors (Lipinski definition) is 2. The Balaban J connectivity index is 2.42. The maximum Gasteiger partial charge on any atom is 0.418 e. The van der Waals surface area contributed by atoms with Gasteiger partial charge in [-0.15, -0.1) is 0 Å². The van der Waals surface area contributed by atoms with E-state index in [1.807, 2.05) is 13.0 Å². The van der Waals surface area contributed by atoms with Gasteiger partial charge in [0, 0.05) is 18.8 Å². The predicted molar refractivity (Wildman–Crippen MR) is 68.0 cm³/mol. The molecule has 1 aromatic rings. The predicted octanol–water partition coefficient (Wildman–Crippen LogP) is 3.35. The third kappa shape index (κ3) is 3.10. The molecule has 2 rings (SSSR count). The fraction of sp³-hybridized carbons (Fsp3) is 0.429. The molecule has 0 saturated carbocycles. The van der Waals surface area contributed by atoms with Crippen LogP contribution in [0.4, 0.5) is 18.9 Å². The summed E-state index contributed by atoms with van der Waals surface area (Å²) in [5.41, 5.74) is 0.872. The largest absolute Gasteiger partial charge is 0.418 e. The van der Waals surface area contributed by atoms with E-state index in [4.69, 9.17) is 5.11 Å². The second-order valence-electron chi connectivity index (χ2n) is 4.77. The standard InChI is InChI=1S/C14H16F3NO/c1-10-3-2-6-18(8-10)13-5-4-11(9-19)7-12(13)14(15,16)17/h3-5,7,19H,2,6,8-9H2,1H3. The fourth-order valence-corrected chi connectivity index (χ4v) is 2.30. The zero-order valence-electron chi connectivity index (χ0n) is 10.7. The molecule has 0 saturated heterocycles. The summed E-state index contributed by atoms with van der Waals surface area (Å²) >= 11 is 0. The Labute approximate surface area is 110 Å². The number of aliphatic hydroxyl groups excluding tert-OH is 1. The van der Waals surface area contributed by atoms with Gasteiger partial charge in [0.2, 0.25) is 0 Å². The van der Waals surface area contributed by atoms with Gasteiger partial charge in [0.25, 0.3) is 0 Å². The first-order valence-corrected chi connectivity index (χ1v) is 6.13.